The summed E-state index contributed by atoms with van der Waals surface area (Å²) in [6.07, 6.45) is 1.42. The minimum atomic E-state index is -0.797. The molecule has 3 aromatic carbocycles. The van der Waals surface area contributed by atoms with Crippen LogP contribution in [0, 0.1) is 20.2 Å². The van der Waals surface area contributed by atoms with Crippen LogP contribution in [0.15, 0.2) is 76.1 Å². The maximum absolute atomic E-state index is 12.8. The molecule has 1 aliphatic rings. The number of benzene rings is 3. The Hall–Kier alpha value is -4.56. The normalized spacial score (nSPS) is 14.0. The van der Waals surface area contributed by atoms with Crippen molar-refractivity contribution in [1.29, 1.82) is 0 Å². The second-order valence-corrected chi connectivity index (χ2v) is 9.48. The van der Waals surface area contributed by atoms with Gasteiger partial charge in [-0.2, -0.15) is 0 Å². The Morgan fingerprint density at radius 2 is 1.79 bits per heavy atom. The van der Waals surface area contributed by atoms with Crippen molar-refractivity contribution in [3.63, 3.8) is 0 Å². The number of thioether (sulfide) groups is 1. The zero-order valence-corrected chi connectivity index (χ0v) is 21.4. The molecule has 1 N–H and O–H groups in total. The van der Waals surface area contributed by atoms with Gasteiger partial charge in [-0.05, 0) is 69.7 Å². The van der Waals surface area contributed by atoms with E-state index in [9.17, 15) is 34.6 Å². The number of imide groups is 1. The number of hydrogen-bond donors (Lipinski definition) is 1. The number of nitrogens with zero attached hydrogens (tertiary/aromatic N) is 3. The number of carbonyl (C=O) groups excluding carboxylic acids is 3. The molecule has 12 nitrogen and oxygen atoms in total. The standard InChI is InChI=1S/C24H15BrN4O8S/c25-17-6-1-2-7-18(17)26-22(30)13-27-23(31)21(38-24(27)32)11-14-4-3-5-16(10-14)37-20-9-8-15(28(33)34)12-19(20)29(35)36/h1-12H,13H2,(H,26,30)/b21-11+. The number of hydrogen-bond acceptors (Lipinski definition) is 9. The van der Waals surface area contributed by atoms with E-state index >= 15 is 0 Å². The minimum absolute atomic E-state index is 0.0714. The number of rotatable bonds is 8. The van der Waals surface area contributed by atoms with Crippen LogP contribution >= 0.6 is 27.7 Å². The zero-order chi connectivity index (χ0) is 27.4. The molecule has 1 fully saturated rings. The van der Waals surface area contributed by atoms with Gasteiger partial charge in [0.15, 0.2) is 0 Å². The Kier molecular flexibility index (Phi) is 7.83. The van der Waals surface area contributed by atoms with Gasteiger partial charge in [-0.15, -0.1) is 0 Å². The van der Waals surface area contributed by atoms with E-state index in [-0.39, 0.29) is 16.4 Å². The molecule has 38 heavy (non-hydrogen) atoms. The van der Waals surface area contributed by atoms with Crippen molar-refractivity contribution in [2.45, 2.75) is 0 Å². The van der Waals surface area contributed by atoms with E-state index in [2.05, 4.69) is 21.2 Å². The molecule has 1 saturated heterocycles. The summed E-state index contributed by atoms with van der Waals surface area (Å²) in [7, 11) is 0. The van der Waals surface area contributed by atoms with Gasteiger partial charge in [0.25, 0.3) is 16.8 Å². The number of ether oxygens (including phenoxy) is 1. The van der Waals surface area contributed by atoms with E-state index in [0.29, 0.717) is 27.5 Å². The summed E-state index contributed by atoms with van der Waals surface area (Å²) < 4.78 is 6.22. The van der Waals surface area contributed by atoms with Gasteiger partial charge < -0.3 is 10.1 Å². The number of nitro benzene ring substituents is 2. The Morgan fingerprint density at radius 1 is 1.03 bits per heavy atom. The molecule has 0 aliphatic carbocycles. The van der Waals surface area contributed by atoms with Gasteiger partial charge in [-0.1, -0.05) is 24.3 Å². The summed E-state index contributed by atoms with van der Waals surface area (Å²) in [5.74, 6) is -1.27. The fraction of sp³-hybridized carbons (Fsp3) is 0.0417. The molecule has 1 aliphatic heterocycles. The number of nitro groups is 2. The molecule has 0 radical (unpaired) electrons. The highest BCUT2D eigenvalue weighted by atomic mass is 79.9. The predicted molar refractivity (Wildman–Crippen MR) is 142 cm³/mol. The van der Waals surface area contributed by atoms with Crippen LogP contribution < -0.4 is 10.1 Å². The van der Waals surface area contributed by atoms with E-state index in [4.69, 9.17) is 4.74 Å². The van der Waals surface area contributed by atoms with E-state index < -0.39 is 44.8 Å². The highest BCUT2D eigenvalue weighted by molar-refractivity contribution is 9.10. The average Bonchev–Trinajstić information content (AvgIpc) is 3.12. The molecule has 4 rings (SSSR count). The van der Waals surface area contributed by atoms with Crippen LogP contribution in [-0.4, -0.2) is 38.3 Å². The second-order valence-electron chi connectivity index (χ2n) is 7.64. The Labute approximate surface area is 226 Å². The largest absolute Gasteiger partial charge is 0.450 e. The lowest BCUT2D eigenvalue weighted by Crippen LogP contribution is -2.36. The number of anilines is 1. The molecule has 0 unspecified atom stereocenters. The highest BCUT2D eigenvalue weighted by Crippen LogP contribution is 2.36. The second kappa shape index (κ2) is 11.2. The lowest BCUT2D eigenvalue weighted by atomic mass is 10.2. The fourth-order valence-corrected chi connectivity index (χ4v) is 4.55. The Bertz CT molecular complexity index is 1530. The molecule has 14 heteroatoms. The number of halogens is 1. The molecule has 0 aromatic heterocycles. The first-order chi connectivity index (χ1) is 18.1. The minimum Gasteiger partial charge on any atom is -0.450 e. The van der Waals surface area contributed by atoms with Crippen LogP contribution in [0.5, 0.6) is 11.5 Å². The van der Waals surface area contributed by atoms with Crippen LogP contribution in [0.1, 0.15) is 5.56 Å². The maximum Gasteiger partial charge on any atom is 0.318 e. The lowest BCUT2D eigenvalue weighted by Gasteiger charge is -2.13. The van der Waals surface area contributed by atoms with E-state index in [1.807, 2.05) is 0 Å². The van der Waals surface area contributed by atoms with Crippen molar-refractivity contribution in [2.24, 2.45) is 0 Å². The molecule has 0 atom stereocenters. The topological polar surface area (TPSA) is 162 Å². The molecular formula is C24H15BrN4O8S. The quantitative estimate of drug-likeness (QED) is 0.194. The van der Waals surface area contributed by atoms with Gasteiger partial charge in [-0.25, -0.2) is 0 Å². The molecular weight excluding hydrogens is 584 g/mol. The van der Waals surface area contributed by atoms with Crippen LogP contribution in [-0.2, 0) is 9.59 Å². The van der Waals surface area contributed by atoms with Crippen LogP contribution in [0.4, 0.5) is 21.9 Å². The SMILES string of the molecule is O=C(CN1C(=O)S/C(=C/c2cccc(Oc3ccc([N+](=O)[O-])cc3[N+](=O)[O-])c2)C1=O)Nc1ccccc1Br. The van der Waals surface area contributed by atoms with Crippen molar-refractivity contribution >= 4 is 67.9 Å². The first-order valence-electron chi connectivity index (χ1n) is 10.6. The third-order valence-corrected chi connectivity index (χ3v) is 6.66. The third kappa shape index (κ3) is 6.04. The van der Waals surface area contributed by atoms with Gasteiger partial charge in [-0.3, -0.25) is 39.5 Å². The smallest absolute Gasteiger partial charge is 0.318 e. The van der Waals surface area contributed by atoms with E-state index in [0.717, 1.165) is 23.1 Å². The van der Waals surface area contributed by atoms with Gasteiger partial charge in [0.1, 0.15) is 12.3 Å². The zero-order valence-electron chi connectivity index (χ0n) is 19.0. The maximum atomic E-state index is 12.8. The lowest BCUT2D eigenvalue weighted by molar-refractivity contribution is -0.394. The monoisotopic (exact) mass is 598 g/mol. The predicted octanol–water partition coefficient (Wildman–Crippen LogP) is 5.73. The molecule has 3 amide bonds. The van der Waals surface area contributed by atoms with Gasteiger partial charge in [0.2, 0.25) is 11.7 Å². The average molecular weight is 599 g/mol. The van der Waals surface area contributed by atoms with Crippen LogP contribution in [0.25, 0.3) is 6.08 Å². The fourth-order valence-electron chi connectivity index (χ4n) is 3.33. The molecule has 0 spiro atoms. The van der Waals surface area contributed by atoms with Crippen LogP contribution in [0.3, 0.4) is 0 Å². The number of amides is 3. The first kappa shape index (κ1) is 26.5. The molecule has 192 valence electrons. The van der Waals surface area contributed by atoms with E-state index in [1.165, 1.54) is 18.2 Å². The van der Waals surface area contributed by atoms with Crippen molar-refractivity contribution in [2.75, 3.05) is 11.9 Å². The Morgan fingerprint density at radius 3 is 2.50 bits per heavy atom. The summed E-state index contributed by atoms with van der Waals surface area (Å²) in [6, 6.07) is 16.0. The van der Waals surface area contributed by atoms with Crippen molar-refractivity contribution in [3.05, 3.63) is 102 Å². The molecule has 0 saturated carbocycles. The highest BCUT2D eigenvalue weighted by Gasteiger charge is 2.36. The number of para-hydroxylation sites is 1. The summed E-state index contributed by atoms with van der Waals surface area (Å²) in [5, 5.41) is 24.3. The van der Waals surface area contributed by atoms with Crippen molar-refractivity contribution in [3.8, 4) is 11.5 Å². The van der Waals surface area contributed by atoms with Crippen molar-refractivity contribution in [1.82, 2.24) is 4.90 Å². The molecule has 0 bridgehead atoms. The summed E-state index contributed by atoms with van der Waals surface area (Å²) in [5.41, 5.74) is -0.120. The van der Waals surface area contributed by atoms with Gasteiger partial charge in [0, 0.05) is 10.5 Å². The van der Waals surface area contributed by atoms with Crippen LogP contribution in [0.2, 0.25) is 0 Å². The summed E-state index contributed by atoms with van der Waals surface area (Å²) >= 11 is 3.97. The molecule has 1 heterocycles. The third-order valence-electron chi connectivity index (χ3n) is 5.06. The number of non-ortho nitro benzene ring substituents is 1. The number of nitrogens with one attached hydrogen (secondary N) is 1. The Balaban J connectivity index is 1.49. The van der Waals surface area contributed by atoms with Gasteiger partial charge >= 0.3 is 5.69 Å². The summed E-state index contributed by atoms with van der Waals surface area (Å²) in [4.78, 5) is 59.3. The summed E-state index contributed by atoms with van der Waals surface area (Å²) in [6.45, 7) is -0.476. The number of carbonyl (C=O) groups is 3. The van der Waals surface area contributed by atoms with Gasteiger partial charge in [0.05, 0.1) is 26.5 Å². The van der Waals surface area contributed by atoms with Crippen molar-refractivity contribution < 1.29 is 29.0 Å². The first-order valence-corrected chi connectivity index (χ1v) is 12.2. The van der Waals surface area contributed by atoms with E-state index in [1.54, 1.807) is 36.4 Å². The molecule has 3 aromatic rings.